The number of hydrogen-bond donors (Lipinski definition) is 0. The van der Waals surface area contributed by atoms with Crippen molar-refractivity contribution in [3.05, 3.63) is 41.0 Å². The van der Waals surface area contributed by atoms with Crippen LogP contribution >= 0.6 is 0 Å². The topological polar surface area (TPSA) is 85.8 Å². The van der Waals surface area contributed by atoms with Crippen molar-refractivity contribution in [3.8, 4) is 5.88 Å². The number of ether oxygens (including phenoxy) is 1. The second kappa shape index (κ2) is 6.61. The molecule has 2 aliphatic heterocycles. The second-order valence-corrected chi connectivity index (χ2v) is 7.53. The highest BCUT2D eigenvalue weighted by atomic mass is 16.5. The van der Waals surface area contributed by atoms with E-state index in [4.69, 9.17) is 9.26 Å². The molecular formula is C20H23N5O3. The number of rotatable bonds is 5. The van der Waals surface area contributed by atoms with Crippen molar-refractivity contribution in [3.63, 3.8) is 0 Å². The van der Waals surface area contributed by atoms with Crippen LogP contribution in [0.5, 0.6) is 5.88 Å². The van der Waals surface area contributed by atoms with Crippen molar-refractivity contribution in [2.24, 2.45) is 0 Å². The van der Waals surface area contributed by atoms with E-state index in [-0.39, 0.29) is 18.0 Å². The van der Waals surface area contributed by atoms with Gasteiger partial charge < -0.3 is 14.2 Å². The summed E-state index contributed by atoms with van der Waals surface area (Å²) < 4.78 is 12.5. The molecule has 5 rings (SSSR count). The molecule has 8 heteroatoms. The van der Waals surface area contributed by atoms with Crippen LogP contribution in [0, 0.1) is 6.92 Å². The van der Waals surface area contributed by atoms with Crippen molar-refractivity contribution in [1.82, 2.24) is 24.7 Å². The Morgan fingerprint density at radius 3 is 3.11 bits per heavy atom. The van der Waals surface area contributed by atoms with E-state index in [1.807, 2.05) is 30.6 Å². The summed E-state index contributed by atoms with van der Waals surface area (Å²) in [5.74, 6) is 1.31. The zero-order valence-electron chi connectivity index (χ0n) is 16.1. The Morgan fingerprint density at radius 2 is 2.25 bits per heavy atom. The van der Waals surface area contributed by atoms with Crippen molar-refractivity contribution in [1.29, 1.82) is 0 Å². The van der Waals surface area contributed by atoms with Gasteiger partial charge in [-0.25, -0.2) is 9.50 Å². The number of aryl methyl sites for hydroxylation is 2. The SMILES string of the molecule is CCOc1cc(CCC(=O)N2C3CCC2c2cnc4cc(C)nn4c2C3)on1. The minimum atomic E-state index is 0.0939. The van der Waals surface area contributed by atoms with Crippen LogP contribution in [0.2, 0.25) is 0 Å². The third-order valence-electron chi connectivity index (χ3n) is 5.73. The average Bonchev–Trinajstić information content (AvgIpc) is 3.37. The molecule has 2 aliphatic rings. The maximum absolute atomic E-state index is 13.0. The molecule has 8 nitrogen and oxygen atoms in total. The summed E-state index contributed by atoms with van der Waals surface area (Å²) in [6.45, 7) is 4.42. The molecule has 0 aliphatic carbocycles. The predicted molar refractivity (Wildman–Crippen MR) is 100 cm³/mol. The Hall–Kier alpha value is -2.90. The first-order valence-electron chi connectivity index (χ1n) is 9.87. The van der Waals surface area contributed by atoms with E-state index in [1.165, 1.54) is 5.69 Å². The maximum Gasteiger partial charge on any atom is 0.254 e. The van der Waals surface area contributed by atoms with E-state index < -0.39 is 0 Å². The summed E-state index contributed by atoms with van der Waals surface area (Å²) in [4.78, 5) is 19.7. The molecule has 1 fully saturated rings. The standard InChI is InChI=1S/C20H23N5O3/c1-3-27-19-10-14(28-23-19)5-7-20(26)24-13-4-6-16(24)15-11-21-18-8-12(2)22-25(18)17(15)9-13/h8,10-11,13,16H,3-7,9H2,1-2H3. The first-order chi connectivity index (χ1) is 13.6. The summed E-state index contributed by atoms with van der Waals surface area (Å²) in [5, 5.41) is 8.47. The molecule has 3 aromatic rings. The lowest BCUT2D eigenvalue weighted by molar-refractivity contribution is -0.134. The Balaban J connectivity index is 1.35. The monoisotopic (exact) mass is 381 g/mol. The van der Waals surface area contributed by atoms with E-state index in [2.05, 4.69) is 20.1 Å². The number of carbonyl (C=O) groups is 1. The molecule has 0 spiro atoms. The molecular weight excluding hydrogens is 358 g/mol. The van der Waals surface area contributed by atoms with Crippen LogP contribution in [0.15, 0.2) is 22.9 Å². The molecule has 28 heavy (non-hydrogen) atoms. The Labute approximate surface area is 162 Å². The first kappa shape index (κ1) is 17.2. The van der Waals surface area contributed by atoms with Gasteiger partial charge in [-0.05, 0) is 31.8 Å². The summed E-state index contributed by atoms with van der Waals surface area (Å²) in [6, 6.07) is 4.08. The van der Waals surface area contributed by atoms with Gasteiger partial charge in [0.25, 0.3) is 5.88 Å². The van der Waals surface area contributed by atoms with E-state index in [1.54, 1.807) is 6.07 Å². The van der Waals surface area contributed by atoms with Crippen LogP contribution in [0.3, 0.4) is 0 Å². The second-order valence-electron chi connectivity index (χ2n) is 7.53. The largest absolute Gasteiger partial charge is 0.476 e. The van der Waals surface area contributed by atoms with E-state index >= 15 is 0 Å². The summed E-state index contributed by atoms with van der Waals surface area (Å²) >= 11 is 0. The van der Waals surface area contributed by atoms with Gasteiger partial charge in [-0.15, -0.1) is 0 Å². The van der Waals surface area contributed by atoms with Gasteiger partial charge in [0, 0.05) is 49.2 Å². The van der Waals surface area contributed by atoms with Gasteiger partial charge in [0.15, 0.2) is 5.65 Å². The van der Waals surface area contributed by atoms with Gasteiger partial charge in [0.05, 0.1) is 24.0 Å². The highest BCUT2D eigenvalue weighted by molar-refractivity contribution is 5.78. The minimum absolute atomic E-state index is 0.0939. The lowest BCUT2D eigenvalue weighted by Crippen LogP contribution is -2.42. The van der Waals surface area contributed by atoms with Gasteiger partial charge in [0.1, 0.15) is 5.76 Å². The number of amides is 1. The molecule has 0 radical (unpaired) electrons. The van der Waals surface area contributed by atoms with E-state index in [0.717, 1.165) is 36.2 Å². The fraction of sp³-hybridized carbons (Fsp3) is 0.500. The van der Waals surface area contributed by atoms with Crippen molar-refractivity contribution in [2.45, 2.75) is 58.0 Å². The highest BCUT2D eigenvalue weighted by Crippen LogP contribution is 2.43. The Morgan fingerprint density at radius 1 is 1.36 bits per heavy atom. The molecule has 3 aromatic heterocycles. The molecule has 2 atom stereocenters. The molecule has 0 saturated carbocycles. The summed E-state index contributed by atoms with van der Waals surface area (Å²) in [7, 11) is 0. The molecule has 1 amide bonds. The zero-order chi connectivity index (χ0) is 19.3. The van der Waals surface area contributed by atoms with Gasteiger partial charge >= 0.3 is 0 Å². The lowest BCUT2D eigenvalue weighted by atomic mass is 9.98. The third-order valence-corrected chi connectivity index (χ3v) is 5.73. The van der Waals surface area contributed by atoms with Crippen LogP contribution in [0.1, 0.15) is 54.9 Å². The smallest absolute Gasteiger partial charge is 0.254 e. The summed E-state index contributed by atoms with van der Waals surface area (Å²) in [5.41, 5.74) is 4.18. The number of carbonyl (C=O) groups excluding carboxylic acids is 1. The van der Waals surface area contributed by atoms with Crippen LogP contribution in [0.25, 0.3) is 5.65 Å². The molecule has 5 heterocycles. The fourth-order valence-corrected chi connectivity index (χ4v) is 4.57. The molecule has 0 aromatic carbocycles. The van der Waals surface area contributed by atoms with Gasteiger partial charge in [0.2, 0.25) is 5.91 Å². The molecule has 146 valence electrons. The number of aromatic nitrogens is 4. The first-order valence-corrected chi connectivity index (χ1v) is 9.87. The van der Waals surface area contributed by atoms with Crippen molar-refractivity contribution >= 4 is 11.6 Å². The van der Waals surface area contributed by atoms with Crippen molar-refractivity contribution < 1.29 is 14.1 Å². The summed E-state index contributed by atoms with van der Waals surface area (Å²) in [6.07, 6.45) is 5.69. The van der Waals surface area contributed by atoms with Crippen LogP contribution in [-0.2, 0) is 17.6 Å². The van der Waals surface area contributed by atoms with Gasteiger partial charge in [-0.3, -0.25) is 4.79 Å². The van der Waals surface area contributed by atoms with Crippen LogP contribution in [0.4, 0.5) is 0 Å². The quantitative estimate of drug-likeness (QED) is 0.675. The van der Waals surface area contributed by atoms with Gasteiger partial charge in [-0.1, -0.05) is 0 Å². The normalized spacial score (nSPS) is 20.6. The van der Waals surface area contributed by atoms with Crippen LogP contribution < -0.4 is 4.74 Å². The highest BCUT2D eigenvalue weighted by Gasteiger charge is 2.43. The number of nitrogens with zero attached hydrogens (tertiary/aromatic N) is 5. The van der Waals surface area contributed by atoms with E-state index in [0.29, 0.717) is 31.1 Å². The third kappa shape index (κ3) is 2.75. The molecule has 2 bridgehead atoms. The van der Waals surface area contributed by atoms with Crippen LogP contribution in [-0.4, -0.2) is 43.2 Å². The van der Waals surface area contributed by atoms with Crippen molar-refractivity contribution in [2.75, 3.05) is 6.61 Å². The fourth-order valence-electron chi connectivity index (χ4n) is 4.57. The zero-order valence-corrected chi connectivity index (χ0v) is 16.1. The number of hydrogen-bond acceptors (Lipinski definition) is 6. The average molecular weight is 381 g/mol. The molecule has 1 saturated heterocycles. The molecule has 2 unspecified atom stereocenters. The minimum Gasteiger partial charge on any atom is -0.476 e. The Bertz CT molecular complexity index is 1040. The Kier molecular flexibility index (Phi) is 4.07. The molecule has 0 N–H and O–H groups in total. The maximum atomic E-state index is 13.0. The van der Waals surface area contributed by atoms with Gasteiger partial charge in [-0.2, -0.15) is 5.10 Å². The number of fused-ring (bicyclic) bond motifs is 6. The van der Waals surface area contributed by atoms with E-state index in [9.17, 15) is 4.79 Å². The predicted octanol–water partition coefficient (Wildman–Crippen LogP) is 2.65. The lowest BCUT2D eigenvalue weighted by Gasteiger charge is -2.36.